The summed E-state index contributed by atoms with van der Waals surface area (Å²) in [5, 5.41) is 9.53. The van der Waals surface area contributed by atoms with Crippen molar-refractivity contribution in [3.05, 3.63) is 34.9 Å². The number of fused-ring (bicyclic) bond motifs is 3. The third-order valence-electron chi connectivity index (χ3n) is 4.25. The summed E-state index contributed by atoms with van der Waals surface area (Å²) in [6.45, 7) is 4.12. The molecule has 0 heterocycles. The van der Waals surface area contributed by atoms with Gasteiger partial charge in [-0.2, -0.15) is 0 Å². The van der Waals surface area contributed by atoms with Gasteiger partial charge in [0.1, 0.15) is 5.75 Å². The van der Waals surface area contributed by atoms with E-state index < -0.39 is 0 Å². The van der Waals surface area contributed by atoms with E-state index in [-0.39, 0.29) is 11.2 Å². The minimum atomic E-state index is 0.0190. The molecular weight excluding hydrogens is 212 g/mol. The lowest BCUT2D eigenvalue weighted by Gasteiger charge is -2.34. The third-order valence-corrected chi connectivity index (χ3v) is 4.25. The summed E-state index contributed by atoms with van der Waals surface area (Å²) < 4.78 is 0. The zero-order valence-electron chi connectivity index (χ0n) is 10.2. The Labute approximate surface area is 101 Å². The molecule has 0 radical (unpaired) electrons. The molecule has 88 valence electrons. The van der Waals surface area contributed by atoms with Crippen molar-refractivity contribution in [1.29, 1.82) is 0 Å². The molecule has 17 heavy (non-hydrogen) atoms. The van der Waals surface area contributed by atoms with E-state index in [9.17, 15) is 9.90 Å². The van der Waals surface area contributed by atoms with Crippen LogP contribution in [0.15, 0.2) is 23.8 Å². The maximum atomic E-state index is 11.9. The van der Waals surface area contributed by atoms with Crippen LogP contribution in [0.2, 0.25) is 0 Å². The number of rotatable bonds is 0. The van der Waals surface area contributed by atoms with Crippen molar-refractivity contribution in [1.82, 2.24) is 0 Å². The summed E-state index contributed by atoms with van der Waals surface area (Å²) in [4.78, 5) is 11.9. The topological polar surface area (TPSA) is 37.3 Å². The fourth-order valence-electron chi connectivity index (χ4n) is 3.35. The highest BCUT2D eigenvalue weighted by molar-refractivity contribution is 6.09. The van der Waals surface area contributed by atoms with Gasteiger partial charge >= 0.3 is 0 Å². The molecule has 2 aliphatic carbocycles. The van der Waals surface area contributed by atoms with Crippen LogP contribution < -0.4 is 0 Å². The first-order chi connectivity index (χ1) is 8.01. The Balaban J connectivity index is 2.26. The summed E-state index contributed by atoms with van der Waals surface area (Å²) in [5.41, 5.74) is 4.49. The smallest absolute Gasteiger partial charge is 0.159 e. The van der Waals surface area contributed by atoms with Crippen LogP contribution in [0, 0.1) is 5.41 Å². The van der Waals surface area contributed by atoms with Crippen molar-refractivity contribution >= 4 is 11.4 Å². The lowest BCUT2D eigenvalue weighted by molar-refractivity contribution is -0.116. The molecule has 1 aromatic rings. The van der Waals surface area contributed by atoms with E-state index in [1.165, 1.54) is 16.7 Å². The Morgan fingerprint density at radius 2 is 2.12 bits per heavy atom. The average Bonchev–Trinajstić information content (AvgIpc) is 2.50. The summed E-state index contributed by atoms with van der Waals surface area (Å²) >= 11 is 0. The second-order valence-electron chi connectivity index (χ2n) is 5.50. The van der Waals surface area contributed by atoms with Crippen molar-refractivity contribution < 1.29 is 9.90 Å². The Kier molecular flexibility index (Phi) is 2.00. The second kappa shape index (κ2) is 3.22. The molecule has 1 aromatic carbocycles. The number of ketones is 1. The van der Waals surface area contributed by atoms with Gasteiger partial charge in [0, 0.05) is 11.8 Å². The predicted octanol–water partition coefficient (Wildman–Crippen LogP) is 3.09. The van der Waals surface area contributed by atoms with Gasteiger partial charge in [-0.1, -0.05) is 13.0 Å². The minimum Gasteiger partial charge on any atom is -0.508 e. The SMILES string of the molecule is CC1=C2c3ccc(O)cc3CCC2(C)CC1=O. The van der Waals surface area contributed by atoms with Gasteiger partial charge in [-0.3, -0.25) is 4.79 Å². The summed E-state index contributed by atoms with van der Waals surface area (Å²) in [6.07, 6.45) is 2.60. The molecule has 2 aliphatic rings. The van der Waals surface area contributed by atoms with Crippen molar-refractivity contribution in [3.8, 4) is 5.75 Å². The molecule has 0 saturated heterocycles. The van der Waals surface area contributed by atoms with Gasteiger partial charge in [0.2, 0.25) is 0 Å². The van der Waals surface area contributed by atoms with E-state index >= 15 is 0 Å². The first kappa shape index (κ1) is 10.6. The van der Waals surface area contributed by atoms with E-state index in [2.05, 4.69) is 6.92 Å². The lowest BCUT2D eigenvalue weighted by atomic mass is 9.70. The molecular formula is C15H16O2. The highest BCUT2D eigenvalue weighted by Crippen LogP contribution is 2.53. The molecule has 0 amide bonds. The molecule has 0 aliphatic heterocycles. The number of allylic oxidation sites excluding steroid dienone is 2. The van der Waals surface area contributed by atoms with Gasteiger partial charge in [-0.05, 0) is 54.2 Å². The monoisotopic (exact) mass is 228 g/mol. The number of Topliss-reactive ketones (excluding diaryl/α,β-unsaturated/α-hetero) is 1. The van der Waals surface area contributed by atoms with Gasteiger partial charge in [-0.15, -0.1) is 0 Å². The Bertz CT molecular complexity index is 554. The van der Waals surface area contributed by atoms with Gasteiger partial charge in [0.25, 0.3) is 0 Å². The number of phenolic OH excluding ortho intramolecular Hbond substituents is 1. The third kappa shape index (κ3) is 1.36. The lowest BCUT2D eigenvalue weighted by Crippen LogP contribution is -2.22. The van der Waals surface area contributed by atoms with Gasteiger partial charge in [0.05, 0.1) is 0 Å². The average molecular weight is 228 g/mol. The standard InChI is InChI=1S/C15H16O2/c1-9-13(17)8-15(2)6-5-10-7-11(16)3-4-12(10)14(9)15/h3-4,7,16H,5-6,8H2,1-2H3. The van der Waals surface area contributed by atoms with Gasteiger partial charge in [0.15, 0.2) is 5.78 Å². The van der Waals surface area contributed by atoms with Crippen LogP contribution in [0.3, 0.4) is 0 Å². The van der Waals surface area contributed by atoms with E-state index in [0.29, 0.717) is 12.2 Å². The molecule has 0 bridgehead atoms. The van der Waals surface area contributed by atoms with E-state index in [1.54, 1.807) is 6.07 Å². The van der Waals surface area contributed by atoms with Gasteiger partial charge in [-0.25, -0.2) is 0 Å². The fourth-order valence-corrected chi connectivity index (χ4v) is 3.35. The number of hydrogen-bond donors (Lipinski definition) is 1. The number of carbonyl (C=O) groups excluding carboxylic acids is 1. The summed E-state index contributed by atoms with van der Waals surface area (Å²) in [6, 6.07) is 5.51. The molecule has 0 spiro atoms. The Morgan fingerprint density at radius 1 is 1.35 bits per heavy atom. The molecule has 0 fully saturated rings. The number of benzene rings is 1. The van der Waals surface area contributed by atoms with E-state index in [0.717, 1.165) is 18.4 Å². The fraction of sp³-hybridized carbons (Fsp3) is 0.400. The maximum absolute atomic E-state index is 11.9. The quantitative estimate of drug-likeness (QED) is 0.741. The number of carbonyl (C=O) groups is 1. The van der Waals surface area contributed by atoms with Crippen LogP contribution in [0.25, 0.3) is 5.57 Å². The summed E-state index contributed by atoms with van der Waals surface area (Å²) in [5.74, 6) is 0.596. The first-order valence-corrected chi connectivity index (χ1v) is 6.08. The number of aryl methyl sites for hydroxylation is 1. The van der Waals surface area contributed by atoms with Gasteiger partial charge < -0.3 is 5.11 Å². The van der Waals surface area contributed by atoms with Crippen LogP contribution in [-0.4, -0.2) is 10.9 Å². The number of aromatic hydroxyl groups is 1. The van der Waals surface area contributed by atoms with E-state index in [4.69, 9.17) is 0 Å². The van der Waals surface area contributed by atoms with Crippen molar-refractivity contribution in [2.24, 2.45) is 5.41 Å². The minimum absolute atomic E-state index is 0.0190. The molecule has 0 saturated carbocycles. The molecule has 1 atom stereocenters. The normalized spacial score (nSPS) is 27.1. The zero-order chi connectivity index (χ0) is 12.2. The molecule has 3 rings (SSSR count). The van der Waals surface area contributed by atoms with Crippen molar-refractivity contribution in [2.45, 2.75) is 33.1 Å². The molecule has 1 N–H and O–H groups in total. The molecule has 2 heteroatoms. The second-order valence-corrected chi connectivity index (χ2v) is 5.50. The van der Waals surface area contributed by atoms with Crippen LogP contribution in [-0.2, 0) is 11.2 Å². The Hall–Kier alpha value is -1.57. The highest BCUT2D eigenvalue weighted by atomic mass is 16.3. The van der Waals surface area contributed by atoms with Crippen LogP contribution in [0.4, 0.5) is 0 Å². The van der Waals surface area contributed by atoms with Crippen molar-refractivity contribution in [3.63, 3.8) is 0 Å². The number of hydrogen-bond acceptors (Lipinski definition) is 2. The molecule has 1 unspecified atom stereocenters. The predicted molar refractivity (Wildman–Crippen MR) is 66.8 cm³/mol. The Morgan fingerprint density at radius 3 is 2.88 bits per heavy atom. The number of phenols is 1. The van der Waals surface area contributed by atoms with Crippen LogP contribution >= 0.6 is 0 Å². The highest BCUT2D eigenvalue weighted by Gasteiger charge is 2.43. The zero-order valence-corrected chi connectivity index (χ0v) is 10.2. The van der Waals surface area contributed by atoms with E-state index in [1.807, 2.05) is 19.1 Å². The van der Waals surface area contributed by atoms with Crippen LogP contribution in [0.1, 0.15) is 37.8 Å². The van der Waals surface area contributed by atoms with Crippen molar-refractivity contribution in [2.75, 3.05) is 0 Å². The maximum Gasteiger partial charge on any atom is 0.159 e. The summed E-state index contributed by atoms with van der Waals surface area (Å²) in [7, 11) is 0. The largest absolute Gasteiger partial charge is 0.508 e. The molecule has 0 aromatic heterocycles. The molecule has 2 nitrogen and oxygen atoms in total. The first-order valence-electron chi connectivity index (χ1n) is 6.08. The van der Waals surface area contributed by atoms with Crippen LogP contribution in [0.5, 0.6) is 5.75 Å².